The molecule has 2 aromatic heterocycles. The van der Waals surface area contributed by atoms with Gasteiger partial charge in [-0.15, -0.1) is 11.3 Å². The molecule has 0 unspecified atom stereocenters. The van der Waals surface area contributed by atoms with Crippen molar-refractivity contribution in [2.75, 3.05) is 11.1 Å². The Kier molecular flexibility index (Phi) is 5.28. The molecule has 0 radical (unpaired) electrons. The molecule has 2 heterocycles. The largest absolute Gasteiger partial charge is 0.325 e. The number of aromatic amines is 1. The van der Waals surface area contributed by atoms with Gasteiger partial charge in [-0.2, -0.15) is 0 Å². The number of benzene rings is 3. The number of H-pyrrole nitrogens is 1. The SMILES string of the molecule is O=C(CSc1nc2scc(-c3ccccc3)c2c(=O)[nH]1)Nc1ccc2ccccc2c1. The van der Waals surface area contributed by atoms with E-state index in [9.17, 15) is 9.59 Å². The van der Waals surface area contributed by atoms with Gasteiger partial charge in [0.15, 0.2) is 5.16 Å². The van der Waals surface area contributed by atoms with Gasteiger partial charge >= 0.3 is 0 Å². The highest BCUT2D eigenvalue weighted by Gasteiger charge is 2.14. The van der Waals surface area contributed by atoms with E-state index < -0.39 is 0 Å². The molecule has 0 bridgehead atoms. The molecule has 0 atom stereocenters. The molecule has 2 N–H and O–H groups in total. The number of fused-ring (bicyclic) bond motifs is 2. The van der Waals surface area contributed by atoms with E-state index >= 15 is 0 Å². The summed E-state index contributed by atoms with van der Waals surface area (Å²) < 4.78 is 0. The third-order valence-corrected chi connectivity index (χ3v) is 6.63. The van der Waals surface area contributed by atoms with Crippen LogP contribution in [0, 0.1) is 0 Å². The number of thiophene rings is 1. The summed E-state index contributed by atoms with van der Waals surface area (Å²) in [5.74, 6) is -0.00255. The number of carbonyl (C=O) groups is 1. The quantitative estimate of drug-likeness (QED) is 0.276. The number of carbonyl (C=O) groups excluding carboxylic acids is 1. The normalized spacial score (nSPS) is 11.1. The molecule has 5 rings (SSSR count). The van der Waals surface area contributed by atoms with E-state index in [0.29, 0.717) is 15.4 Å². The van der Waals surface area contributed by atoms with Gasteiger partial charge in [0.25, 0.3) is 5.56 Å². The fraction of sp³-hybridized carbons (Fsp3) is 0.0417. The van der Waals surface area contributed by atoms with Crippen LogP contribution in [-0.2, 0) is 4.79 Å². The summed E-state index contributed by atoms with van der Waals surface area (Å²) in [6.07, 6.45) is 0. The van der Waals surface area contributed by atoms with Crippen molar-refractivity contribution in [3.05, 3.63) is 88.5 Å². The van der Waals surface area contributed by atoms with Crippen LogP contribution in [0.25, 0.3) is 32.1 Å². The zero-order valence-electron chi connectivity index (χ0n) is 16.3. The summed E-state index contributed by atoms with van der Waals surface area (Å²) in [5, 5.41) is 8.06. The lowest BCUT2D eigenvalue weighted by Gasteiger charge is -2.06. The molecular formula is C24H17N3O2S2. The second-order valence-electron chi connectivity index (χ2n) is 6.97. The number of amides is 1. The minimum absolute atomic E-state index is 0.151. The Morgan fingerprint density at radius 2 is 1.77 bits per heavy atom. The van der Waals surface area contributed by atoms with Gasteiger partial charge in [-0.3, -0.25) is 9.59 Å². The van der Waals surface area contributed by atoms with Crippen molar-refractivity contribution < 1.29 is 4.79 Å². The standard InChI is InChI=1S/C24H17N3O2S2/c28-20(25-18-11-10-15-6-4-5-9-17(15)12-18)14-31-24-26-22(29)21-19(13-30-23(21)27-24)16-7-2-1-3-8-16/h1-13H,14H2,(H,25,28)(H,26,27,29). The molecule has 152 valence electrons. The molecule has 0 aliphatic rings. The van der Waals surface area contributed by atoms with Crippen LogP contribution in [0.15, 0.2) is 88.1 Å². The molecule has 0 aliphatic heterocycles. The van der Waals surface area contributed by atoms with Crippen LogP contribution < -0.4 is 10.9 Å². The highest BCUT2D eigenvalue weighted by Crippen LogP contribution is 2.31. The van der Waals surface area contributed by atoms with E-state index in [1.165, 1.54) is 23.1 Å². The van der Waals surface area contributed by atoms with Crippen LogP contribution in [0.1, 0.15) is 0 Å². The highest BCUT2D eigenvalue weighted by atomic mass is 32.2. The van der Waals surface area contributed by atoms with E-state index in [-0.39, 0.29) is 17.2 Å². The lowest BCUT2D eigenvalue weighted by molar-refractivity contribution is -0.113. The number of nitrogens with zero attached hydrogens (tertiary/aromatic N) is 1. The maximum Gasteiger partial charge on any atom is 0.260 e. The molecule has 0 spiro atoms. The summed E-state index contributed by atoms with van der Waals surface area (Å²) in [6.45, 7) is 0. The van der Waals surface area contributed by atoms with E-state index in [2.05, 4.69) is 15.3 Å². The maximum absolute atomic E-state index is 12.7. The summed E-state index contributed by atoms with van der Waals surface area (Å²) in [5.41, 5.74) is 2.41. The van der Waals surface area contributed by atoms with Gasteiger partial charge in [0.05, 0.1) is 11.1 Å². The van der Waals surface area contributed by atoms with Gasteiger partial charge in [0.1, 0.15) is 4.83 Å². The van der Waals surface area contributed by atoms with Crippen LogP contribution in [-0.4, -0.2) is 21.6 Å². The first-order valence-corrected chi connectivity index (χ1v) is 11.5. The third-order valence-electron chi connectivity index (χ3n) is 4.88. The second-order valence-corrected chi connectivity index (χ2v) is 8.79. The van der Waals surface area contributed by atoms with Crippen LogP contribution in [0.5, 0.6) is 0 Å². The molecule has 0 fully saturated rings. The minimum atomic E-state index is -0.192. The molecule has 3 aromatic carbocycles. The van der Waals surface area contributed by atoms with E-state index in [1.54, 1.807) is 0 Å². The van der Waals surface area contributed by atoms with E-state index in [0.717, 1.165) is 27.6 Å². The highest BCUT2D eigenvalue weighted by molar-refractivity contribution is 7.99. The first kappa shape index (κ1) is 19.5. The Morgan fingerprint density at radius 3 is 2.61 bits per heavy atom. The monoisotopic (exact) mass is 443 g/mol. The number of hydrogen-bond acceptors (Lipinski definition) is 5. The fourth-order valence-corrected chi connectivity index (χ4v) is 5.09. The molecule has 31 heavy (non-hydrogen) atoms. The van der Waals surface area contributed by atoms with Gasteiger partial charge in [0.2, 0.25) is 5.91 Å². The molecule has 5 nitrogen and oxygen atoms in total. The third kappa shape index (κ3) is 4.10. The smallest absolute Gasteiger partial charge is 0.260 e. The summed E-state index contributed by atoms with van der Waals surface area (Å²) in [7, 11) is 0. The summed E-state index contributed by atoms with van der Waals surface area (Å²) in [4.78, 5) is 33.2. The van der Waals surface area contributed by atoms with Gasteiger partial charge in [0, 0.05) is 16.6 Å². The number of rotatable bonds is 5. The lowest BCUT2D eigenvalue weighted by Crippen LogP contribution is -2.15. The minimum Gasteiger partial charge on any atom is -0.325 e. The molecule has 7 heteroatoms. The maximum atomic E-state index is 12.7. The van der Waals surface area contributed by atoms with Crippen LogP contribution in [0.2, 0.25) is 0 Å². The topological polar surface area (TPSA) is 74.8 Å². The van der Waals surface area contributed by atoms with Crippen molar-refractivity contribution in [1.82, 2.24) is 9.97 Å². The Bertz CT molecular complexity index is 1460. The van der Waals surface area contributed by atoms with E-state index in [1.807, 2.05) is 78.2 Å². The molecule has 0 saturated carbocycles. The molecule has 0 saturated heterocycles. The van der Waals surface area contributed by atoms with Gasteiger partial charge in [-0.25, -0.2) is 4.98 Å². The number of nitrogens with one attached hydrogen (secondary N) is 2. The Hall–Kier alpha value is -3.42. The van der Waals surface area contributed by atoms with Crippen LogP contribution in [0.4, 0.5) is 5.69 Å². The van der Waals surface area contributed by atoms with Crippen molar-refractivity contribution in [2.45, 2.75) is 5.16 Å². The average molecular weight is 444 g/mol. The fourth-order valence-electron chi connectivity index (χ4n) is 3.43. The molecule has 0 aliphatic carbocycles. The van der Waals surface area contributed by atoms with Crippen LogP contribution >= 0.6 is 23.1 Å². The average Bonchev–Trinajstić information content (AvgIpc) is 3.23. The van der Waals surface area contributed by atoms with Crippen molar-refractivity contribution in [1.29, 1.82) is 0 Å². The Labute approximate surface area is 186 Å². The van der Waals surface area contributed by atoms with E-state index in [4.69, 9.17) is 0 Å². The Balaban J connectivity index is 1.31. The zero-order chi connectivity index (χ0) is 21.2. The number of thioether (sulfide) groups is 1. The van der Waals surface area contributed by atoms with Crippen molar-refractivity contribution >= 4 is 55.7 Å². The van der Waals surface area contributed by atoms with Gasteiger partial charge < -0.3 is 10.3 Å². The number of anilines is 1. The number of aromatic nitrogens is 2. The second kappa shape index (κ2) is 8.37. The van der Waals surface area contributed by atoms with Gasteiger partial charge in [-0.05, 0) is 28.5 Å². The van der Waals surface area contributed by atoms with Crippen LogP contribution in [0.3, 0.4) is 0 Å². The summed E-state index contributed by atoms with van der Waals surface area (Å²) in [6, 6.07) is 23.6. The zero-order valence-corrected chi connectivity index (χ0v) is 17.9. The molecule has 5 aromatic rings. The van der Waals surface area contributed by atoms with Crippen molar-refractivity contribution in [2.24, 2.45) is 0 Å². The lowest BCUT2D eigenvalue weighted by atomic mass is 10.1. The predicted octanol–water partition coefficient (Wildman–Crippen LogP) is 5.54. The van der Waals surface area contributed by atoms with Gasteiger partial charge in [-0.1, -0.05) is 72.4 Å². The summed E-state index contributed by atoms with van der Waals surface area (Å²) >= 11 is 2.64. The Morgan fingerprint density at radius 1 is 1.00 bits per heavy atom. The van der Waals surface area contributed by atoms with Crippen molar-refractivity contribution in [3.63, 3.8) is 0 Å². The molecule has 1 amide bonds. The molecular weight excluding hydrogens is 426 g/mol. The predicted molar refractivity (Wildman–Crippen MR) is 129 cm³/mol. The first-order valence-electron chi connectivity index (χ1n) is 9.66. The van der Waals surface area contributed by atoms with Crippen molar-refractivity contribution in [3.8, 4) is 11.1 Å². The number of hydrogen-bond donors (Lipinski definition) is 2. The first-order chi connectivity index (χ1) is 15.2.